The van der Waals surface area contributed by atoms with Crippen LogP contribution in [-0.2, 0) is 10.9 Å². The molecule has 0 unspecified atom stereocenters. The first-order valence-corrected chi connectivity index (χ1v) is 4.49. The summed E-state index contributed by atoms with van der Waals surface area (Å²) < 4.78 is 45.9. The van der Waals surface area contributed by atoms with Crippen LogP contribution in [0.25, 0.3) is 0 Å². The molecule has 0 radical (unpaired) electrons. The number of hydrogen-bond donors (Lipinski definition) is 0. The van der Waals surface area contributed by atoms with E-state index in [1.54, 1.807) is 20.8 Å². The zero-order chi connectivity index (χ0) is 12.6. The smallest absolute Gasteiger partial charge is 0.419 e. The van der Waals surface area contributed by atoms with Gasteiger partial charge in [0.2, 0.25) is 5.76 Å². The Bertz CT molecular complexity index is 385. The average molecular weight is 236 g/mol. The van der Waals surface area contributed by atoms with Crippen molar-refractivity contribution < 1.29 is 27.1 Å². The highest BCUT2D eigenvalue weighted by Crippen LogP contribution is 2.30. The Morgan fingerprint density at radius 1 is 1.31 bits per heavy atom. The molecular weight excluding hydrogens is 225 g/mol. The highest BCUT2D eigenvalue weighted by Gasteiger charge is 2.34. The third-order valence-electron chi connectivity index (χ3n) is 1.53. The second-order valence-electron chi connectivity index (χ2n) is 4.20. The normalized spacial score (nSPS) is 12.6. The van der Waals surface area contributed by atoms with Crippen LogP contribution >= 0.6 is 0 Å². The van der Waals surface area contributed by atoms with E-state index >= 15 is 0 Å². The molecule has 0 saturated carbocycles. The van der Waals surface area contributed by atoms with E-state index < -0.39 is 29.1 Å². The maximum Gasteiger partial charge on any atom is 0.419 e. The molecule has 6 heteroatoms. The topological polar surface area (TPSA) is 39.4 Å². The van der Waals surface area contributed by atoms with E-state index in [-0.39, 0.29) is 0 Å². The Labute approximate surface area is 90.2 Å². The largest absolute Gasteiger partial charge is 0.457 e. The summed E-state index contributed by atoms with van der Waals surface area (Å²) in [6.07, 6.45) is -4.04. The monoisotopic (exact) mass is 236 g/mol. The molecule has 16 heavy (non-hydrogen) atoms. The summed E-state index contributed by atoms with van der Waals surface area (Å²) in [4.78, 5) is 11.3. The zero-order valence-corrected chi connectivity index (χ0v) is 9.01. The molecule has 0 atom stereocenters. The molecule has 3 nitrogen and oxygen atoms in total. The highest BCUT2D eigenvalue weighted by atomic mass is 19.4. The molecule has 0 aliphatic heterocycles. The number of furan rings is 1. The van der Waals surface area contributed by atoms with Crippen molar-refractivity contribution in [3.8, 4) is 0 Å². The minimum absolute atomic E-state index is 0.456. The van der Waals surface area contributed by atoms with Crippen molar-refractivity contribution in [3.05, 3.63) is 23.7 Å². The molecule has 0 aliphatic carbocycles. The van der Waals surface area contributed by atoms with Crippen LogP contribution in [0.4, 0.5) is 13.2 Å². The number of ether oxygens (including phenoxy) is 1. The standard InChI is InChI=1S/C10H11F3O3/c1-9(2,3)16-8(14)7-4-6(5-15-7)10(11,12)13/h4-5H,1-3H3. The number of carbonyl (C=O) groups excluding carboxylic acids is 1. The van der Waals surface area contributed by atoms with Crippen LogP contribution in [0.3, 0.4) is 0 Å². The Hall–Kier alpha value is -1.46. The Morgan fingerprint density at radius 3 is 2.25 bits per heavy atom. The lowest BCUT2D eigenvalue weighted by Crippen LogP contribution is -2.23. The number of alkyl halides is 3. The average Bonchev–Trinajstić information content (AvgIpc) is 2.46. The number of carbonyl (C=O) groups is 1. The van der Waals surface area contributed by atoms with Crippen molar-refractivity contribution in [3.63, 3.8) is 0 Å². The highest BCUT2D eigenvalue weighted by molar-refractivity contribution is 5.86. The van der Waals surface area contributed by atoms with Crippen LogP contribution < -0.4 is 0 Å². The summed E-state index contributed by atoms with van der Waals surface area (Å²) in [6, 6.07) is 0.619. The summed E-state index contributed by atoms with van der Waals surface area (Å²) in [5.74, 6) is -1.37. The summed E-state index contributed by atoms with van der Waals surface area (Å²) in [5, 5.41) is 0. The first kappa shape index (κ1) is 12.6. The lowest BCUT2D eigenvalue weighted by atomic mass is 10.2. The van der Waals surface area contributed by atoms with Crippen molar-refractivity contribution in [2.75, 3.05) is 0 Å². The third kappa shape index (κ3) is 3.29. The minimum Gasteiger partial charge on any atom is -0.457 e. The molecular formula is C10H11F3O3. The molecule has 0 amide bonds. The van der Waals surface area contributed by atoms with E-state index in [1.807, 2.05) is 0 Å². The molecule has 90 valence electrons. The third-order valence-corrected chi connectivity index (χ3v) is 1.53. The van der Waals surface area contributed by atoms with Crippen molar-refractivity contribution in [2.45, 2.75) is 32.5 Å². The summed E-state index contributed by atoms with van der Waals surface area (Å²) in [6.45, 7) is 4.83. The van der Waals surface area contributed by atoms with Gasteiger partial charge < -0.3 is 9.15 Å². The van der Waals surface area contributed by atoms with Crippen molar-refractivity contribution in [1.29, 1.82) is 0 Å². The summed E-state index contributed by atoms with van der Waals surface area (Å²) in [7, 11) is 0. The van der Waals surface area contributed by atoms with E-state index in [4.69, 9.17) is 4.74 Å². The van der Waals surface area contributed by atoms with E-state index in [1.165, 1.54) is 0 Å². The Kier molecular flexibility index (Phi) is 3.03. The fraction of sp³-hybridized carbons (Fsp3) is 0.500. The van der Waals surface area contributed by atoms with Gasteiger partial charge in [-0.25, -0.2) is 4.79 Å². The molecule has 0 N–H and O–H groups in total. The van der Waals surface area contributed by atoms with Crippen LogP contribution in [0.1, 0.15) is 36.9 Å². The number of esters is 1. The molecule has 0 aliphatic rings. The quantitative estimate of drug-likeness (QED) is 0.702. The van der Waals surface area contributed by atoms with Gasteiger partial charge in [0, 0.05) is 6.07 Å². The van der Waals surface area contributed by atoms with Gasteiger partial charge in [-0.3, -0.25) is 0 Å². The van der Waals surface area contributed by atoms with Gasteiger partial charge in [-0.2, -0.15) is 13.2 Å². The van der Waals surface area contributed by atoms with Crippen molar-refractivity contribution >= 4 is 5.97 Å². The maximum atomic E-state index is 12.2. The predicted molar refractivity (Wildman–Crippen MR) is 48.9 cm³/mol. The van der Waals surface area contributed by atoms with Crippen LogP contribution in [0, 0.1) is 0 Å². The van der Waals surface area contributed by atoms with Crippen LogP contribution in [-0.4, -0.2) is 11.6 Å². The van der Waals surface area contributed by atoms with Gasteiger partial charge in [-0.1, -0.05) is 0 Å². The minimum atomic E-state index is -4.52. The summed E-state index contributed by atoms with van der Waals surface area (Å²) in [5.41, 5.74) is -1.78. The van der Waals surface area contributed by atoms with E-state index in [0.29, 0.717) is 12.3 Å². The molecule has 1 aromatic rings. The molecule has 0 bridgehead atoms. The van der Waals surface area contributed by atoms with Gasteiger partial charge in [0.15, 0.2) is 0 Å². The lowest BCUT2D eigenvalue weighted by Gasteiger charge is -2.18. The second kappa shape index (κ2) is 3.84. The lowest BCUT2D eigenvalue weighted by molar-refractivity contribution is -0.137. The number of halogens is 3. The Morgan fingerprint density at radius 2 is 1.88 bits per heavy atom. The molecule has 0 saturated heterocycles. The van der Waals surface area contributed by atoms with Gasteiger partial charge >= 0.3 is 12.1 Å². The predicted octanol–water partition coefficient (Wildman–Crippen LogP) is 3.25. The van der Waals surface area contributed by atoms with Crippen LogP contribution in [0.2, 0.25) is 0 Å². The second-order valence-corrected chi connectivity index (χ2v) is 4.20. The SMILES string of the molecule is CC(C)(C)OC(=O)c1cc(C(F)(F)F)co1. The number of hydrogen-bond acceptors (Lipinski definition) is 3. The molecule has 1 aromatic heterocycles. The molecule has 1 rings (SSSR count). The van der Waals surface area contributed by atoms with Gasteiger partial charge in [-0.15, -0.1) is 0 Å². The fourth-order valence-electron chi connectivity index (χ4n) is 0.920. The first-order valence-electron chi connectivity index (χ1n) is 4.49. The van der Waals surface area contributed by atoms with E-state index in [2.05, 4.69) is 4.42 Å². The zero-order valence-electron chi connectivity index (χ0n) is 9.01. The van der Waals surface area contributed by atoms with Gasteiger partial charge in [0.1, 0.15) is 11.9 Å². The maximum absolute atomic E-state index is 12.2. The van der Waals surface area contributed by atoms with Gasteiger partial charge in [0.05, 0.1) is 5.56 Å². The molecule has 0 fully saturated rings. The van der Waals surface area contributed by atoms with Crippen LogP contribution in [0.15, 0.2) is 16.7 Å². The van der Waals surface area contributed by atoms with Crippen molar-refractivity contribution in [2.24, 2.45) is 0 Å². The van der Waals surface area contributed by atoms with Gasteiger partial charge in [-0.05, 0) is 20.8 Å². The first-order chi connectivity index (χ1) is 7.09. The molecule has 0 spiro atoms. The number of rotatable bonds is 1. The Balaban J connectivity index is 2.83. The van der Waals surface area contributed by atoms with Crippen molar-refractivity contribution in [1.82, 2.24) is 0 Å². The van der Waals surface area contributed by atoms with Crippen LogP contribution in [0.5, 0.6) is 0 Å². The summed E-state index contributed by atoms with van der Waals surface area (Å²) >= 11 is 0. The van der Waals surface area contributed by atoms with E-state index in [0.717, 1.165) is 0 Å². The fourth-order valence-corrected chi connectivity index (χ4v) is 0.920. The van der Waals surface area contributed by atoms with E-state index in [9.17, 15) is 18.0 Å². The molecule has 0 aromatic carbocycles. The molecule has 1 heterocycles. The van der Waals surface area contributed by atoms with Gasteiger partial charge in [0.25, 0.3) is 0 Å².